The van der Waals surface area contributed by atoms with E-state index in [4.69, 9.17) is 25.5 Å². The summed E-state index contributed by atoms with van der Waals surface area (Å²) in [7, 11) is 1.46. The quantitative estimate of drug-likeness (QED) is 0.128. The number of carbonyl (C=O) groups excluding carboxylic acids is 2. The molecule has 0 radical (unpaired) electrons. The number of esters is 1. The minimum atomic E-state index is -2.04. The van der Waals surface area contributed by atoms with Gasteiger partial charge in [-0.2, -0.15) is 9.83 Å². The summed E-state index contributed by atoms with van der Waals surface area (Å²) in [5.74, 6) is -2.67. The van der Waals surface area contributed by atoms with Crippen molar-refractivity contribution in [3.8, 4) is 17.3 Å². The summed E-state index contributed by atoms with van der Waals surface area (Å²) in [5.41, 5.74) is 5.38. The number of halogens is 2. The van der Waals surface area contributed by atoms with Crippen molar-refractivity contribution in [3.05, 3.63) is 112 Å². The lowest BCUT2D eigenvalue weighted by Crippen LogP contribution is -2.42. The van der Waals surface area contributed by atoms with Crippen LogP contribution in [0.2, 0.25) is 0 Å². The lowest BCUT2D eigenvalue weighted by molar-refractivity contribution is -0.753. The third-order valence-electron chi connectivity index (χ3n) is 8.20. The number of aromatic nitrogens is 5. The van der Waals surface area contributed by atoms with E-state index in [1.165, 1.54) is 51.4 Å². The third-order valence-corrected chi connectivity index (χ3v) is 9.23. The fourth-order valence-corrected chi connectivity index (χ4v) is 6.22. The summed E-state index contributed by atoms with van der Waals surface area (Å²) < 4.78 is 43.5. The summed E-state index contributed by atoms with van der Waals surface area (Å²) in [4.78, 5) is 35.1. The van der Waals surface area contributed by atoms with E-state index >= 15 is 4.39 Å². The van der Waals surface area contributed by atoms with Gasteiger partial charge in [0.2, 0.25) is 12.6 Å². The Labute approximate surface area is 296 Å². The molecule has 0 aliphatic carbocycles. The molecule has 0 bridgehead atoms. The fraction of sp³-hybridized carbons (Fsp3) is 0.286. The number of ether oxygens (including phenoxy) is 2. The highest BCUT2D eigenvalue weighted by Gasteiger charge is 2.43. The van der Waals surface area contributed by atoms with Gasteiger partial charge in [0.25, 0.3) is 6.33 Å². The zero-order valence-electron chi connectivity index (χ0n) is 27.9. The molecule has 0 aliphatic heterocycles. The lowest BCUT2D eigenvalue weighted by Gasteiger charge is -2.32. The molecule has 0 spiro atoms. The fourth-order valence-electron chi connectivity index (χ4n) is 5.24. The Morgan fingerprint density at radius 3 is 2.69 bits per heavy atom. The molecule has 51 heavy (non-hydrogen) atoms. The van der Waals surface area contributed by atoms with Crippen molar-refractivity contribution in [2.45, 2.75) is 51.2 Å². The number of anilines is 1. The van der Waals surface area contributed by atoms with Crippen molar-refractivity contribution in [2.75, 3.05) is 18.5 Å². The minimum absolute atomic E-state index is 0.0507. The van der Waals surface area contributed by atoms with E-state index in [1.807, 2.05) is 0 Å². The van der Waals surface area contributed by atoms with Crippen LogP contribution in [0.1, 0.15) is 54.1 Å². The standard InChI is InChI=1S/C35H35F2N8O5S/c1-22(33-42-30(18-51-33)25-8-6-24(16-39)7-9-25)35(48,28-15-27(36)10-11-29(28)37)19-45-21-44(20-41-45)23(2)50-34(47)43(3)32-26(5-4-14-40-32)17-49-31(46)12-13-38/h4-11,14-15,18,20-23,48H,12-13,17,19,38H2,1-3H3/q+1/t22-,23?,35+/m0/s1. The van der Waals surface area contributed by atoms with Crippen LogP contribution >= 0.6 is 11.3 Å². The molecule has 3 atom stereocenters. The molecule has 3 aromatic heterocycles. The van der Waals surface area contributed by atoms with E-state index in [1.54, 1.807) is 55.6 Å². The number of nitriles is 1. The van der Waals surface area contributed by atoms with Crippen LogP contribution < -0.4 is 15.2 Å². The van der Waals surface area contributed by atoms with Crippen molar-refractivity contribution < 1.29 is 37.5 Å². The molecule has 264 valence electrons. The van der Waals surface area contributed by atoms with Crippen LogP contribution in [-0.4, -0.2) is 50.5 Å². The second-order valence-corrected chi connectivity index (χ2v) is 12.5. The molecule has 13 nitrogen and oxygen atoms in total. The van der Waals surface area contributed by atoms with Gasteiger partial charge in [0.1, 0.15) is 36.2 Å². The molecule has 0 saturated carbocycles. The van der Waals surface area contributed by atoms with E-state index in [0.29, 0.717) is 21.8 Å². The minimum Gasteiger partial charge on any atom is -0.461 e. The molecule has 3 N–H and O–H groups in total. The zero-order valence-corrected chi connectivity index (χ0v) is 28.8. The molecule has 5 rings (SSSR count). The maximum absolute atomic E-state index is 15.3. The highest BCUT2D eigenvalue weighted by molar-refractivity contribution is 7.10. The molecule has 0 fully saturated rings. The third kappa shape index (κ3) is 8.40. The lowest BCUT2D eigenvalue weighted by atomic mass is 9.82. The van der Waals surface area contributed by atoms with Gasteiger partial charge < -0.3 is 20.3 Å². The predicted molar refractivity (Wildman–Crippen MR) is 181 cm³/mol. The highest BCUT2D eigenvalue weighted by atomic mass is 32.1. The van der Waals surface area contributed by atoms with Gasteiger partial charge in [-0.1, -0.05) is 25.1 Å². The first kappa shape index (κ1) is 36.6. The first-order chi connectivity index (χ1) is 24.4. The Kier molecular flexibility index (Phi) is 11.4. The van der Waals surface area contributed by atoms with E-state index in [-0.39, 0.29) is 37.5 Å². The largest absolute Gasteiger partial charge is 0.461 e. The van der Waals surface area contributed by atoms with Gasteiger partial charge in [0.15, 0.2) is 0 Å². The Morgan fingerprint density at radius 2 is 1.96 bits per heavy atom. The van der Waals surface area contributed by atoms with E-state index in [9.17, 15) is 19.1 Å². The Balaban J connectivity index is 1.35. The van der Waals surface area contributed by atoms with Gasteiger partial charge in [-0.25, -0.2) is 23.5 Å². The van der Waals surface area contributed by atoms with Gasteiger partial charge in [-0.15, -0.1) is 16.0 Å². The number of hydrogen-bond donors (Lipinski definition) is 2. The van der Waals surface area contributed by atoms with Crippen molar-refractivity contribution in [2.24, 2.45) is 5.73 Å². The number of nitrogens with two attached hydrogens (primary N) is 1. The summed E-state index contributed by atoms with van der Waals surface area (Å²) in [6.07, 6.45) is 2.67. The molecular formula is C35H35F2N8O5S+. The average Bonchev–Trinajstić information content (AvgIpc) is 3.82. The van der Waals surface area contributed by atoms with Crippen LogP contribution in [0.3, 0.4) is 0 Å². The Bertz CT molecular complexity index is 2050. The van der Waals surface area contributed by atoms with Crippen molar-refractivity contribution in [3.63, 3.8) is 0 Å². The van der Waals surface area contributed by atoms with Gasteiger partial charge in [0, 0.05) is 59.8 Å². The van der Waals surface area contributed by atoms with Crippen LogP contribution in [-0.2, 0) is 33.0 Å². The van der Waals surface area contributed by atoms with E-state index < -0.39 is 41.4 Å². The second-order valence-electron chi connectivity index (χ2n) is 11.6. The second kappa shape index (κ2) is 15.9. The van der Waals surface area contributed by atoms with Crippen molar-refractivity contribution in [1.82, 2.24) is 19.7 Å². The number of rotatable bonds is 13. The maximum atomic E-state index is 15.3. The number of amides is 1. The molecule has 16 heteroatoms. The Hall–Kier alpha value is -5.63. The van der Waals surface area contributed by atoms with Crippen LogP contribution in [0.5, 0.6) is 0 Å². The van der Waals surface area contributed by atoms with E-state index in [0.717, 1.165) is 23.8 Å². The maximum Gasteiger partial charge on any atom is 0.418 e. The van der Waals surface area contributed by atoms with Crippen molar-refractivity contribution >= 4 is 29.2 Å². The zero-order chi connectivity index (χ0) is 36.7. The van der Waals surface area contributed by atoms with Crippen LogP contribution in [0.15, 0.2) is 78.8 Å². The topological polar surface area (TPSA) is 173 Å². The number of carbonyl (C=O) groups is 2. The first-order valence-corrected chi connectivity index (χ1v) is 16.6. The normalized spacial score (nSPS) is 13.5. The van der Waals surface area contributed by atoms with Gasteiger partial charge >= 0.3 is 12.1 Å². The molecule has 5 aromatic rings. The number of aliphatic hydroxyl groups is 1. The Morgan fingerprint density at radius 1 is 1.20 bits per heavy atom. The smallest absolute Gasteiger partial charge is 0.418 e. The molecule has 0 aliphatic rings. The van der Waals surface area contributed by atoms with Crippen LogP contribution in [0.25, 0.3) is 11.3 Å². The van der Waals surface area contributed by atoms with Gasteiger partial charge in [-0.3, -0.25) is 9.69 Å². The SMILES string of the molecule is CC(OC(=O)N(C)c1ncccc1COC(=O)CCN)[n+]1cnn(C[C@](O)(c2cc(F)ccc2F)[C@@H](C)c2nc(-c3ccc(C#N)cc3)cs2)c1. The molecule has 3 heterocycles. The number of hydrogen-bond acceptors (Lipinski definition) is 11. The number of nitrogens with zero attached hydrogens (tertiary/aromatic N) is 7. The summed E-state index contributed by atoms with van der Waals surface area (Å²) in [6.45, 7) is 2.95. The average molecular weight is 718 g/mol. The number of pyridine rings is 1. The van der Waals surface area contributed by atoms with Crippen LogP contribution in [0, 0.1) is 23.0 Å². The number of thiazole rings is 1. The van der Waals surface area contributed by atoms with Crippen molar-refractivity contribution in [1.29, 1.82) is 5.26 Å². The van der Waals surface area contributed by atoms with Gasteiger partial charge in [-0.05, 0) is 36.4 Å². The monoisotopic (exact) mass is 717 g/mol. The van der Waals surface area contributed by atoms with Gasteiger partial charge in [0.05, 0.1) is 28.8 Å². The van der Waals surface area contributed by atoms with E-state index in [2.05, 4.69) is 16.2 Å². The molecular weight excluding hydrogens is 682 g/mol. The number of benzene rings is 2. The summed E-state index contributed by atoms with van der Waals surface area (Å²) in [5, 5.41) is 27.9. The molecule has 1 unspecified atom stereocenters. The summed E-state index contributed by atoms with van der Waals surface area (Å²) in [6, 6.07) is 15.1. The molecule has 2 aromatic carbocycles. The molecule has 1 amide bonds. The first-order valence-electron chi connectivity index (χ1n) is 15.7. The predicted octanol–water partition coefficient (Wildman–Crippen LogP) is 4.71. The molecule has 0 saturated heterocycles. The summed E-state index contributed by atoms with van der Waals surface area (Å²) >= 11 is 1.25. The highest BCUT2D eigenvalue weighted by Crippen LogP contribution is 2.41. The van der Waals surface area contributed by atoms with Crippen LogP contribution in [0.4, 0.5) is 19.4 Å².